The van der Waals surface area contributed by atoms with Crippen LogP contribution in [0.3, 0.4) is 0 Å². The SMILES string of the molecule is CCOC1=Nn2c(nnc2-c2cccc(NC(=O)C(C)Oc3ccc(C(C)(C)CC)cc3C(C)(C)CC)c2)C1=Nc1ccc(O)cc1. The van der Waals surface area contributed by atoms with Crippen LogP contribution < -0.4 is 10.1 Å². The Kier molecular flexibility index (Phi) is 9.51. The Bertz CT molecular complexity index is 1820. The highest BCUT2D eigenvalue weighted by molar-refractivity contribution is 6.46. The predicted molar refractivity (Wildman–Crippen MR) is 186 cm³/mol. The average Bonchev–Trinajstić information content (AvgIpc) is 3.61. The Morgan fingerprint density at radius 1 is 0.936 bits per heavy atom. The quantitative estimate of drug-likeness (QED) is 0.173. The first-order valence-corrected chi connectivity index (χ1v) is 16.2. The maximum Gasteiger partial charge on any atom is 0.265 e. The summed E-state index contributed by atoms with van der Waals surface area (Å²) in [6.45, 7) is 17.3. The summed E-state index contributed by atoms with van der Waals surface area (Å²) >= 11 is 0. The number of rotatable bonds is 11. The summed E-state index contributed by atoms with van der Waals surface area (Å²) in [5.41, 5.74) is 4.58. The smallest absolute Gasteiger partial charge is 0.265 e. The largest absolute Gasteiger partial charge is 0.508 e. The molecule has 1 amide bonds. The van der Waals surface area contributed by atoms with Crippen molar-refractivity contribution in [1.82, 2.24) is 14.9 Å². The fourth-order valence-electron chi connectivity index (χ4n) is 5.13. The second-order valence-electron chi connectivity index (χ2n) is 13.0. The molecule has 246 valence electrons. The molecule has 0 saturated carbocycles. The number of nitrogens with zero attached hydrogens (tertiary/aromatic N) is 5. The number of carbonyl (C=O) groups excluding carboxylic acids is 1. The third-order valence-electron chi connectivity index (χ3n) is 8.94. The first-order valence-electron chi connectivity index (χ1n) is 16.2. The van der Waals surface area contributed by atoms with Crippen LogP contribution in [-0.4, -0.2) is 50.2 Å². The van der Waals surface area contributed by atoms with E-state index in [1.54, 1.807) is 35.9 Å². The highest BCUT2D eigenvalue weighted by Crippen LogP contribution is 2.39. The van der Waals surface area contributed by atoms with Crippen molar-refractivity contribution in [3.63, 3.8) is 0 Å². The van der Waals surface area contributed by atoms with Gasteiger partial charge in [0.2, 0.25) is 5.82 Å². The molecule has 1 aromatic heterocycles. The number of carbonyl (C=O) groups is 1. The van der Waals surface area contributed by atoms with Crippen LogP contribution in [0.2, 0.25) is 0 Å². The van der Waals surface area contributed by atoms with E-state index in [1.807, 2.05) is 37.3 Å². The Hall–Kier alpha value is -4.99. The third kappa shape index (κ3) is 7.06. The number of aliphatic imine (C=N–C) groups is 1. The van der Waals surface area contributed by atoms with Gasteiger partial charge in [-0.15, -0.1) is 15.3 Å². The molecule has 0 bridgehead atoms. The van der Waals surface area contributed by atoms with Crippen LogP contribution in [0.15, 0.2) is 76.8 Å². The number of aromatic hydroxyl groups is 1. The van der Waals surface area contributed by atoms with Gasteiger partial charge in [-0.3, -0.25) is 4.79 Å². The van der Waals surface area contributed by atoms with Crippen molar-refractivity contribution in [3.8, 4) is 22.9 Å². The van der Waals surface area contributed by atoms with E-state index in [4.69, 9.17) is 9.47 Å². The first kappa shape index (κ1) is 33.4. The number of benzene rings is 3. The average molecular weight is 637 g/mol. The fourth-order valence-corrected chi connectivity index (χ4v) is 5.13. The Morgan fingerprint density at radius 3 is 2.32 bits per heavy atom. The second-order valence-corrected chi connectivity index (χ2v) is 13.0. The van der Waals surface area contributed by atoms with Crippen molar-refractivity contribution >= 4 is 28.9 Å². The fraction of sp³-hybridized carbons (Fsp3) is 0.378. The molecule has 1 unspecified atom stereocenters. The van der Waals surface area contributed by atoms with Gasteiger partial charge in [-0.2, -0.15) is 4.68 Å². The van der Waals surface area contributed by atoms with E-state index in [9.17, 15) is 9.90 Å². The Balaban J connectivity index is 1.37. The van der Waals surface area contributed by atoms with Gasteiger partial charge >= 0.3 is 0 Å². The van der Waals surface area contributed by atoms with Gasteiger partial charge in [0.15, 0.2) is 17.6 Å². The Labute approximate surface area is 276 Å². The molecular weight excluding hydrogens is 592 g/mol. The summed E-state index contributed by atoms with van der Waals surface area (Å²) in [5.74, 6) is 1.80. The van der Waals surface area contributed by atoms with Crippen LogP contribution in [0.5, 0.6) is 11.5 Å². The van der Waals surface area contributed by atoms with E-state index in [-0.39, 0.29) is 22.5 Å². The molecular formula is C37H44N6O4. The molecule has 5 rings (SSSR count). The van der Waals surface area contributed by atoms with E-state index < -0.39 is 6.10 Å². The molecule has 47 heavy (non-hydrogen) atoms. The standard InChI is InChI=1S/C37H44N6O4/c1-9-36(5,6)25-15-20-30(29(22-25)37(7,8)10-2)47-23(4)34(45)39-27-14-12-13-24(21-27)32-40-41-33-31(35(46-11-3)42-43(32)33)38-26-16-18-28(44)19-17-26/h12-23,44H,9-11H2,1-8H3,(H,39,45). The van der Waals surface area contributed by atoms with Gasteiger partial charge in [-0.25, -0.2) is 4.99 Å². The topological polar surface area (TPSA) is 123 Å². The highest BCUT2D eigenvalue weighted by atomic mass is 16.5. The summed E-state index contributed by atoms with van der Waals surface area (Å²) in [6.07, 6.45) is 1.20. The summed E-state index contributed by atoms with van der Waals surface area (Å²) in [6, 6.07) is 20.2. The summed E-state index contributed by atoms with van der Waals surface area (Å²) < 4.78 is 13.7. The van der Waals surface area contributed by atoms with Crippen molar-refractivity contribution in [2.75, 3.05) is 11.9 Å². The van der Waals surface area contributed by atoms with Gasteiger partial charge in [0, 0.05) is 16.8 Å². The minimum atomic E-state index is -0.746. The second kappa shape index (κ2) is 13.4. The molecule has 2 N–H and O–H groups in total. The van der Waals surface area contributed by atoms with Gasteiger partial charge in [-0.1, -0.05) is 65.8 Å². The van der Waals surface area contributed by atoms with Crippen LogP contribution >= 0.6 is 0 Å². The maximum absolute atomic E-state index is 13.4. The molecule has 2 heterocycles. The molecule has 0 saturated heterocycles. The lowest BCUT2D eigenvalue weighted by molar-refractivity contribution is -0.122. The maximum atomic E-state index is 13.4. The molecule has 1 aliphatic rings. The minimum Gasteiger partial charge on any atom is -0.508 e. The number of phenolic OH excluding ortho intramolecular Hbond substituents is 1. The molecule has 10 nitrogen and oxygen atoms in total. The van der Waals surface area contributed by atoms with Gasteiger partial charge < -0.3 is 19.9 Å². The van der Waals surface area contributed by atoms with Crippen LogP contribution in [-0.2, 0) is 20.4 Å². The number of fused-ring (bicyclic) bond motifs is 1. The lowest BCUT2D eigenvalue weighted by atomic mass is 9.76. The van der Waals surface area contributed by atoms with E-state index in [0.29, 0.717) is 46.8 Å². The molecule has 3 aromatic carbocycles. The van der Waals surface area contributed by atoms with Crippen LogP contribution in [0.1, 0.15) is 85.2 Å². The van der Waals surface area contributed by atoms with Crippen molar-refractivity contribution < 1.29 is 19.4 Å². The summed E-state index contributed by atoms with van der Waals surface area (Å²) in [7, 11) is 0. The van der Waals surface area contributed by atoms with E-state index >= 15 is 0 Å². The van der Waals surface area contributed by atoms with Gasteiger partial charge in [0.05, 0.1) is 12.3 Å². The zero-order chi connectivity index (χ0) is 33.9. The van der Waals surface area contributed by atoms with Gasteiger partial charge in [0.25, 0.3) is 11.8 Å². The van der Waals surface area contributed by atoms with Crippen LogP contribution in [0.4, 0.5) is 11.4 Å². The summed E-state index contributed by atoms with van der Waals surface area (Å²) in [5, 5.41) is 26.0. The number of phenols is 1. The molecule has 0 radical (unpaired) electrons. The number of hydrogen-bond acceptors (Lipinski definition) is 8. The molecule has 1 atom stereocenters. The third-order valence-corrected chi connectivity index (χ3v) is 8.94. The van der Waals surface area contributed by atoms with Crippen molar-refractivity contribution in [2.45, 2.75) is 85.2 Å². The first-order chi connectivity index (χ1) is 22.4. The van der Waals surface area contributed by atoms with E-state index in [1.165, 1.54) is 5.56 Å². The molecule has 0 spiro atoms. The van der Waals surface area contributed by atoms with Crippen LogP contribution in [0, 0.1) is 0 Å². The van der Waals surface area contributed by atoms with Crippen LogP contribution in [0.25, 0.3) is 11.4 Å². The molecule has 0 fully saturated rings. The van der Waals surface area contributed by atoms with Crippen molar-refractivity contribution in [1.29, 1.82) is 0 Å². The highest BCUT2D eigenvalue weighted by Gasteiger charge is 2.31. The van der Waals surface area contributed by atoms with Crippen molar-refractivity contribution in [2.24, 2.45) is 10.1 Å². The zero-order valence-corrected chi connectivity index (χ0v) is 28.5. The lowest BCUT2D eigenvalue weighted by Crippen LogP contribution is -2.31. The number of aromatic nitrogens is 3. The Morgan fingerprint density at radius 2 is 1.64 bits per heavy atom. The van der Waals surface area contributed by atoms with E-state index in [2.05, 4.69) is 79.3 Å². The zero-order valence-electron chi connectivity index (χ0n) is 28.5. The number of ether oxygens (including phenoxy) is 2. The molecule has 1 aliphatic heterocycles. The van der Waals surface area contributed by atoms with Gasteiger partial charge in [-0.05, 0) is 85.5 Å². The summed E-state index contributed by atoms with van der Waals surface area (Å²) in [4.78, 5) is 18.1. The normalized spacial score (nSPS) is 14.5. The van der Waals surface area contributed by atoms with Crippen molar-refractivity contribution in [3.05, 3.63) is 83.7 Å². The van der Waals surface area contributed by atoms with Gasteiger partial charge in [0.1, 0.15) is 11.5 Å². The predicted octanol–water partition coefficient (Wildman–Crippen LogP) is 7.76. The molecule has 0 aliphatic carbocycles. The monoisotopic (exact) mass is 636 g/mol. The number of anilines is 1. The molecule has 4 aromatic rings. The van der Waals surface area contributed by atoms with E-state index in [0.717, 1.165) is 24.2 Å². The lowest BCUT2D eigenvalue weighted by Gasteiger charge is -2.31. The number of hydrogen-bond donors (Lipinski definition) is 2. The number of nitrogens with one attached hydrogen (secondary N) is 1. The minimum absolute atomic E-state index is 0.0344. The number of amides is 1. The molecule has 10 heteroatoms.